The molecule has 0 N–H and O–H groups in total. The van der Waals surface area contributed by atoms with Crippen molar-refractivity contribution in [2.45, 2.75) is 5.88 Å². The molecule has 0 aliphatic carbocycles. The van der Waals surface area contributed by atoms with Gasteiger partial charge in [0, 0.05) is 32.9 Å². The van der Waals surface area contributed by atoms with Gasteiger partial charge < -0.3 is 14.4 Å². The molecular weight excluding hydrogens is 277 g/mol. The van der Waals surface area contributed by atoms with Gasteiger partial charge >= 0.3 is 0 Å². The normalized spacial score (nSPS) is 10.7. The van der Waals surface area contributed by atoms with Crippen LogP contribution < -0.4 is 4.90 Å². The molecular formula is C11H17Cl2N3O2. The van der Waals surface area contributed by atoms with Gasteiger partial charge in [-0.15, -0.1) is 11.6 Å². The zero-order valence-corrected chi connectivity index (χ0v) is 12.0. The molecule has 102 valence electrons. The average Bonchev–Trinajstić information content (AvgIpc) is 2.39. The van der Waals surface area contributed by atoms with Crippen LogP contribution in [0.1, 0.15) is 5.56 Å². The fourth-order valence-electron chi connectivity index (χ4n) is 1.50. The Kier molecular flexibility index (Phi) is 7.27. The van der Waals surface area contributed by atoms with E-state index in [1.165, 1.54) is 6.33 Å². The van der Waals surface area contributed by atoms with Crippen molar-refractivity contribution in [2.75, 3.05) is 45.4 Å². The smallest absolute Gasteiger partial charge is 0.138 e. The fraction of sp³-hybridized carbons (Fsp3) is 0.636. The van der Waals surface area contributed by atoms with Crippen molar-refractivity contribution in [1.82, 2.24) is 9.97 Å². The van der Waals surface area contributed by atoms with Crippen molar-refractivity contribution in [3.63, 3.8) is 0 Å². The molecule has 0 aliphatic heterocycles. The lowest BCUT2D eigenvalue weighted by Gasteiger charge is -2.25. The molecule has 0 radical (unpaired) electrons. The predicted molar refractivity (Wildman–Crippen MR) is 72.6 cm³/mol. The lowest BCUT2D eigenvalue weighted by Crippen LogP contribution is -2.32. The van der Waals surface area contributed by atoms with E-state index in [4.69, 9.17) is 32.7 Å². The number of aromatic nitrogens is 2. The maximum Gasteiger partial charge on any atom is 0.138 e. The van der Waals surface area contributed by atoms with Gasteiger partial charge in [0.1, 0.15) is 17.3 Å². The van der Waals surface area contributed by atoms with Gasteiger partial charge in [-0.2, -0.15) is 0 Å². The molecule has 0 bridgehead atoms. The number of hydrogen-bond acceptors (Lipinski definition) is 5. The van der Waals surface area contributed by atoms with E-state index >= 15 is 0 Å². The van der Waals surface area contributed by atoms with Crippen LogP contribution in [0.4, 0.5) is 5.82 Å². The average molecular weight is 294 g/mol. The lowest BCUT2D eigenvalue weighted by molar-refractivity contribution is 0.190. The van der Waals surface area contributed by atoms with Gasteiger partial charge in [0.05, 0.1) is 19.1 Å². The van der Waals surface area contributed by atoms with Crippen LogP contribution in [0.25, 0.3) is 0 Å². The summed E-state index contributed by atoms with van der Waals surface area (Å²) in [5, 5.41) is 0.384. The van der Waals surface area contributed by atoms with E-state index in [2.05, 4.69) is 9.97 Å². The molecule has 0 spiro atoms. The Morgan fingerprint density at radius 3 is 2.28 bits per heavy atom. The van der Waals surface area contributed by atoms with Gasteiger partial charge in [-0.05, 0) is 0 Å². The third-order valence-corrected chi connectivity index (χ3v) is 3.03. The van der Waals surface area contributed by atoms with Crippen LogP contribution in [0.15, 0.2) is 6.33 Å². The summed E-state index contributed by atoms with van der Waals surface area (Å²) in [5.41, 5.74) is 0.730. The minimum Gasteiger partial charge on any atom is -0.383 e. The highest BCUT2D eigenvalue weighted by Crippen LogP contribution is 2.24. The van der Waals surface area contributed by atoms with Gasteiger partial charge in [-0.1, -0.05) is 11.6 Å². The number of halogens is 2. The minimum atomic E-state index is 0.269. The van der Waals surface area contributed by atoms with Gasteiger partial charge in [-0.3, -0.25) is 0 Å². The lowest BCUT2D eigenvalue weighted by atomic mass is 10.3. The number of rotatable bonds is 8. The second-order valence-corrected chi connectivity index (χ2v) is 4.20. The summed E-state index contributed by atoms with van der Waals surface area (Å²) in [5.74, 6) is 1.00. The molecule has 1 aromatic rings. The summed E-state index contributed by atoms with van der Waals surface area (Å²) in [4.78, 5) is 10.2. The van der Waals surface area contributed by atoms with Crippen LogP contribution in [0, 0.1) is 0 Å². The Morgan fingerprint density at radius 1 is 1.17 bits per heavy atom. The van der Waals surface area contributed by atoms with Crippen molar-refractivity contribution < 1.29 is 9.47 Å². The largest absolute Gasteiger partial charge is 0.383 e. The first-order valence-electron chi connectivity index (χ1n) is 5.52. The number of alkyl halides is 1. The van der Waals surface area contributed by atoms with E-state index in [1.54, 1.807) is 14.2 Å². The molecule has 0 unspecified atom stereocenters. The molecule has 0 aromatic carbocycles. The molecule has 5 nitrogen and oxygen atoms in total. The molecule has 1 heterocycles. The highest BCUT2D eigenvalue weighted by Gasteiger charge is 2.15. The Labute approximate surface area is 117 Å². The summed E-state index contributed by atoms with van der Waals surface area (Å²) in [7, 11) is 3.31. The number of hydrogen-bond donors (Lipinski definition) is 0. The number of nitrogens with zero attached hydrogens (tertiary/aromatic N) is 3. The van der Waals surface area contributed by atoms with Gasteiger partial charge in [0.2, 0.25) is 0 Å². The summed E-state index contributed by atoms with van der Waals surface area (Å²) in [6, 6.07) is 0. The molecule has 0 saturated carbocycles. The molecule has 0 amide bonds. The van der Waals surface area contributed by atoms with Crippen molar-refractivity contribution in [3.05, 3.63) is 17.0 Å². The summed E-state index contributed by atoms with van der Waals surface area (Å²) in [6.07, 6.45) is 1.43. The molecule has 0 saturated heterocycles. The molecule has 1 aromatic heterocycles. The third-order valence-electron chi connectivity index (χ3n) is 2.43. The second-order valence-electron chi connectivity index (χ2n) is 3.57. The van der Waals surface area contributed by atoms with E-state index in [9.17, 15) is 0 Å². The Hall–Kier alpha value is -0.620. The van der Waals surface area contributed by atoms with Gasteiger partial charge in [0.15, 0.2) is 0 Å². The maximum absolute atomic E-state index is 6.02. The summed E-state index contributed by atoms with van der Waals surface area (Å²) >= 11 is 11.9. The fourth-order valence-corrected chi connectivity index (χ4v) is 2.01. The van der Waals surface area contributed by atoms with E-state index in [1.807, 2.05) is 4.90 Å². The Bertz CT molecular complexity index is 358. The molecule has 18 heavy (non-hydrogen) atoms. The van der Waals surface area contributed by atoms with E-state index < -0.39 is 0 Å². The predicted octanol–water partition coefficient (Wildman–Crippen LogP) is 1.97. The van der Waals surface area contributed by atoms with E-state index in [-0.39, 0.29) is 5.88 Å². The molecule has 7 heteroatoms. The first-order chi connectivity index (χ1) is 8.74. The van der Waals surface area contributed by atoms with Crippen LogP contribution in [0.2, 0.25) is 5.15 Å². The van der Waals surface area contributed by atoms with Crippen LogP contribution in [0.3, 0.4) is 0 Å². The van der Waals surface area contributed by atoms with Crippen molar-refractivity contribution in [3.8, 4) is 0 Å². The number of methoxy groups -OCH3 is 2. The first kappa shape index (κ1) is 15.4. The van der Waals surface area contributed by atoms with Crippen LogP contribution in [-0.4, -0.2) is 50.5 Å². The third kappa shape index (κ3) is 4.24. The van der Waals surface area contributed by atoms with Crippen LogP contribution >= 0.6 is 23.2 Å². The maximum atomic E-state index is 6.02. The number of ether oxygens (including phenoxy) is 2. The van der Waals surface area contributed by atoms with E-state index in [0.29, 0.717) is 31.5 Å². The second kappa shape index (κ2) is 8.48. The SMILES string of the molecule is COCCN(CCOC)c1ncnc(Cl)c1CCl. The monoisotopic (exact) mass is 293 g/mol. The highest BCUT2D eigenvalue weighted by molar-refractivity contribution is 6.31. The van der Waals surface area contributed by atoms with Crippen molar-refractivity contribution in [2.24, 2.45) is 0 Å². The van der Waals surface area contributed by atoms with Crippen LogP contribution in [0.5, 0.6) is 0 Å². The highest BCUT2D eigenvalue weighted by atomic mass is 35.5. The molecule has 0 fully saturated rings. The molecule has 0 atom stereocenters. The van der Waals surface area contributed by atoms with E-state index in [0.717, 1.165) is 11.4 Å². The Balaban J connectivity index is 2.91. The van der Waals surface area contributed by atoms with Gasteiger partial charge in [-0.25, -0.2) is 9.97 Å². The summed E-state index contributed by atoms with van der Waals surface area (Å²) in [6.45, 7) is 2.56. The van der Waals surface area contributed by atoms with Crippen molar-refractivity contribution >= 4 is 29.0 Å². The number of anilines is 1. The van der Waals surface area contributed by atoms with Crippen molar-refractivity contribution in [1.29, 1.82) is 0 Å². The topological polar surface area (TPSA) is 47.5 Å². The minimum absolute atomic E-state index is 0.269. The van der Waals surface area contributed by atoms with Gasteiger partial charge in [0.25, 0.3) is 0 Å². The van der Waals surface area contributed by atoms with Crippen LogP contribution in [-0.2, 0) is 15.4 Å². The zero-order chi connectivity index (χ0) is 13.4. The quantitative estimate of drug-likeness (QED) is 0.542. The zero-order valence-electron chi connectivity index (χ0n) is 10.5. The first-order valence-corrected chi connectivity index (χ1v) is 6.44. The summed E-state index contributed by atoms with van der Waals surface area (Å²) < 4.78 is 10.2. The molecule has 1 rings (SSSR count). The Morgan fingerprint density at radius 2 is 1.78 bits per heavy atom. The standard InChI is InChI=1S/C11H17Cl2N3O2/c1-17-5-3-16(4-6-18-2)11-9(7-12)10(13)14-8-15-11/h8H,3-7H2,1-2H3. The molecule has 0 aliphatic rings.